The summed E-state index contributed by atoms with van der Waals surface area (Å²) < 4.78 is 7.19. The molecule has 1 saturated heterocycles. The fourth-order valence-electron chi connectivity index (χ4n) is 3.28. The predicted octanol–water partition coefficient (Wildman–Crippen LogP) is 3.31. The second kappa shape index (κ2) is 9.75. The molecule has 0 radical (unpaired) electrons. The molecular formula is C22H24ClN5O2. The molecule has 0 saturated carbocycles. The topological polar surface area (TPSA) is 77.9 Å². The van der Waals surface area contributed by atoms with Crippen LogP contribution in [0.15, 0.2) is 65.9 Å². The quantitative estimate of drug-likeness (QED) is 0.357. The van der Waals surface area contributed by atoms with E-state index in [-0.39, 0.29) is 6.61 Å². The Morgan fingerprint density at radius 2 is 1.83 bits per heavy atom. The highest BCUT2D eigenvalue weighted by Gasteiger charge is 2.14. The number of amidine groups is 1. The molecule has 30 heavy (non-hydrogen) atoms. The Hall–Kier alpha value is -2.87. The number of hydrogen-bond acceptors (Lipinski definition) is 5. The first-order valence-electron chi connectivity index (χ1n) is 9.83. The van der Waals surface area contributed by atoms with Gasteiger partial charge in [0, 0.05) is 35.4 Å². The van der Waals surface area contributed by atoms with Crippen LogP contribution in [0.1, 0.15) is 5.56 Å². The molecule has 4 rings (SSSR count). The largest absolute Gasteiger partial charge is 0.389 e. The molecule has 2 N–H and O–H groups in total. The third-order valence-electron chi connectivity index (χ3n) is 4.82. The number of hydrogen-bond donors (Lipinski definition) is 1. The van der Waals surface area contributed by atoms with Gasteiger partial charge in [0.2, 0.25) is 0 Å². The van der Waals surface area contributed by atoms with Gasteiger partial charge in [0.1, 0.15) is 6.61 Å². The highest BCUT2D eigenvalue weighted by Crippen LogP contribution is 2.26. The fraction of sp³-hybridized carbons (Fsp3) is 0.273. The summed E-state index contributed by atoms with van der Waals surface area (Å²) in [6, 6.07) is 17.5. The molecule has 2 aromatic carbocycles. The van der Waals surface area contributed by atoms with Gasteiger partial charge >= 0.3 is 0 Å². The van der Waals surface area contributed by atoms with Crippen LogP contribution in [0.3, 0.4) is 0 Å². The van der Waals surface area contributed by atoms with Gasteiger partial charge in [0.05, 0.1) is 31.1 Å². The number of morpholine rings is 1. The van der Waals surface area contributed by atoms with Crippen LogP contribution in [-0.4, -0.2) is 53.4 Å². The minimum atomic E-state index is 0.259. The monoisotopic (exact) mass is 425 g/mol. The highest BCUT2D eigenvalue weighted by molar-refractivity contribution is 6.30. The maximum Gasteiger partial charge on any atom is 0.153 e. The van der Waals surface area contributed by atoms with Crippen LogP contribution in [0, 0.1) is 0 Å². The zero-order valence-electron chi connectivity index (χ0n) is 16.6. The molecule has 0 amide bonds. The smallest absolute Gasteiger partial charge is 0.153 e. The molecule has 2 heterocycles. The Bertz CT molecular complexity index is 983. The van der Waals surface area contributed by atoms with Crippen molar-refractivity contribution in [1.82, 2.24) is 14.7 Å². The number of nitrogens with zero attached hydrogens (tertiary/aromatic N) is 4. The number of halogens is 1. The summed E-state index contributed by atoms with van der Waals surface area (Å²) in [5, 5.41) is 9.54. The summed E-state index contributed by atoms with van der Waals surface area (Å²) >= 11 is 6.04. The molecule has 0 spiro atoms. The van der Waals surface area contributed by atoms with E-state index in [1.807, 2.05) is 65.5 Å². The van der Waals surface area contributed by atoms with E-state index in [0.29, 0.717) is 17.4 Å². The van der Waals surface area contributed by atoms with Crippen molar-refractivity contribution >= 4 is 17.4 Å². The first-order valence-corrected chi connectivity index (χ1v) is 10.2. The second-order valence-corrected chi connectivity index (χ2v) is 7.47. The Morgan fingerprint density at radius 3 is 2.57 bits per heavy atom. The Kier molecular flexibility index (Phi) is 6.63. The van der Waals surface area contributed by atoms with E-state index in [1.165, 1.54) is 0 Å². The highest BCUT2D eigenvalue weighted by atomic mass is 35.5. The SMILES string of the molecule is N/C(CN1CCOCC1)=N\OCc1cn(-c2ccccc2)nc1-c1ccc(Cl)cc1. The summed E-state index contributed by atoms with van der Waals surface area (Å²) in [4.78, 5) is 7.78. The van der Waals surface area contributed by atoms with E-state index < -0.39 is 0 Å². The number of ether oxygens (including phenoxy) is 1. The van der Waals surface area contributed by atoms with Crippen molar-refractivity contribution in [2.45, 2.75) is 6.61 Å². The lowest BCUT2D eigenvalue weighted by molar-refractivity contribution is 0.0443. The van der Waals surface area contributed by atoms with Crippen molar-refractivity contribution in [1.29, 1.82) is 0 Å². The van der Waals surface area contributed by atoms with Crippen molar-refractivity contribution in [3.05, 3.63) is 71.4 Å². The van der Waals surface area contributed by atoms with E-state index in [1.54, 1.807) is 0 Å². The lowest BCUT2D eigenvalue weighted by Crippen LogP contribution is -2.41. The van der Waals surface area contributed by atoms with Gasteiger partial charge in [-0.1, -0.05) is 47.1 Å². The number of rotatable bonds is 7. The average molecular weight is 426 g/mol. The number of benzene rings is 2. The number of oxime groups is 1. The van der Waals surface area contributed by atoms with Gasteiger partial charge in [-0.15, -0.1) is 0 Å². The molecule has 1 aliphatic heterocycles. The fourth-order valence-corrected chi connectivity index (χ4v) is 3.41. The number of nitrogens with two attached hydrogens (primary N) is 1. The Labute approximate surface area is 180 Å². The lowest BCUT2D eigenvalue weighted by Gasteiger charge is -2.25. The molecule has 0 atom stereocenters. The Balaban J connectivity index is 1.51. The molecule has 7 nitrogen and oxygen atoms in total. The van der Waals surface area contributed by atoms with Gasteiger partial charge in [0.15, 0.2) is 5.84 Å². The first-order chi connectivity index (χ1) is 14.7. The number of aromatic nitrogens is 2. The molecule has 8 heteroatoms. The van der Waals surface area contributed by atoms with Gasteiger partial charge in [0.25, 0.3) is 0 Å². The summed E-state index contributed by atoms with van der Waals surface area (Å²) in [5.41, 5.74) is 9.68. The summed E-state index contributed by atoms with van der Waals surface area (Å²) in [6.07, 6.45) is 1.95. The van der Waals surface area contributed by atoms with Gasteiger partial charge in [-0.05, 0) is 24.3 Å². The van der Waals surface area contributed by atoms with Gasteiger partial charge in [-0.25, -0.2) is 4.68 Å². The van der Waals surface area contributed by atoms with E-state index in [9.17, 15) is 0 Å². The minimum Gasteiger partial charge on any atom is -0.389 e. The molecule has 1 aliphatic rings. The van der Waals surface area contributed by atoms with Crippen LogP contribution >= 0.6 is 11.6 Å². The average Bonchev–Trinajstić information content (AvgIpc) is 3.20. The van der Waals surface area contributed by atoms with Crippen molar-refractivity contribution < 1.29 is 9.57 Å². The third-order valence-corrected chi connectivity index (χ3v) is 5.07. The second-order valence-electron chi connectivity index (χ2n) is 7.03. The lowest BCUT2D eigenvalue weighted by atomic mass is 10.1. The predicted molar refractivity (Wildman–Crippen MR) is 118 cm³/mol. The van der Waals surface area contributed by atoms with Crippen molar-refractivity contribution in [3.8, 4) is 16.9 Å². The standard InChI is InChI=1S/C22H24ClN5O2/c23-19-8-6-17(7-9-19)22-18(14-28(25-22)20-4-2-1-3-5-20)16-30-26-21(24)15-27-10-12-29-13-11-27/h1-9,14H,10-13,15-16H2,(H2,24,26). The molecule has 156 valence electrons. The van der Waals surface area contributed by atoms with Crippen LogP contribution < -0.4 is 5.73 Å². The van der Waals surface area contributed by atoms with Crippen LogP contribution in [0.4, 0.5) is 0 Å². The van der Waals surface area contributed by atoms with E-state index in [2.05, 4.69) is 10.1 Å². The molecule has 3 aromatic rings. The third kappa shape index (κ3) is 5.18. The van der Waals surface area contributed by atoms with Crippen LogP contribution in [0.2, 0.25) is 5.02 Å². The first kappa shape index (κ1) is 20.4. The normalized spacial score (nSPS) is 15.3. The van der Waals surface area contributed by atoms with Gasteiger partial charge in [-0.2, -0.15) is 5.10 Å². The summed E-state index contributed by atoms with van der Waals surface area (Å²) in [7, 11) is 0. The molecular weight excluding hydrogens is 402 g/mol. The zero-order chi connectivity index (χ0) is 20.8. The summed E-state index contributed by atoms with van der Waals surface area (Å²) in [6.45, 7) is 3.96. The van der Waals surface area contributed by atoms with Gasteiger partial charge in [-0.3, -0.25) is 4.90 Å². The van der Waals surface area contributed by atoms with Crippen molar-refractivity contribution in [2.24, 2.45) is 10.9 Å². The van der Waals surface area contributed by atoms with Gasteiger partial charge < -0.3 is 15.3 Å². The molecule has 0 unspecified atom stereocenters. The Morgan fingerprint density at radius 1 is 1.10 bits per heavy atom. The zero-order valence-corrected chi connectivity index (χ0v) is 17.3. The summed E-state index contributed by atoms with van der Waals surface area (Å²) in [5.74, 6) is 0.445. The van der Waals surface area contributed by atoms with E-state index in [0.717, 1.165) is 48.8 Å². The van der Waals surface area contributed by atoms with Crippen molar-refractivity contribution in [3.63, 3.8) is 0 Å². The van der Waals surface area contributed by atoms with Crippen molar-refractivity contribution in [2.75, 3.05) is 32.8 Å². The minimum absolute atomic E-state index is 0.259. The molecule has 1 fully saturated rings. The maximum absolute atomic E-state index is 6.04. The molecule has 1 aromatic heterocycles. The van der Waals surface area contributed by atoms with Crippen LogP contribution in [0.25, 0.3) is 16.9 Å². The number of para-hydroxylation sites is 1. The van der Waals surface area contributed by atoms with E-state index in [4.69, 9.17) is 32.0 Å². The van der Waals surface area contributed by atoms with E-state index >= 15 is 0 Å². The molecule has 0 bridgehead atoms. The maximum atomic E-state index is 6.04. The molecule has 0 aliphatic carbocycles. The van der Waals surface area contributed by atoms with Crippen LogP contribution in [0.5, 0.6) is 0 Å². The van der Waals surface area contributed by atoms with Crippen LogP contribution in [-0.2, 0) is 16.2 Å².